The van der Waals surface area contributed by atoms with Gasteiger partial charge in [-0.3, -0.25) is 14.2 Å². The molecule has 0 unspecified atom stereocenters. The van der Waals surface area contributed by atoms with Crippen LogP contribution in [0.15, 0.2) is 47.3 Å². The summed E-state index contributed by atoms with van der Waals surface area (Å²) < 4.78 is 24.8. The first-order valence-electron chi connectivity index (χ1n) is 8.96. The van der Waals surface area contributed by atoms with Crippen LogP contribution < -0.4 is 15.0 Å². The number of benzene rings is 2. The first kappa shape index (κ1) is 19.2. The van der Waals surface area contributed by atoms with Crippen molar-refractivity contribution < 1.29 is 23.8 Å². The van der Waals surface area contributed by atoms with Crippen molar-refractivity contribution in [1.29, 1.82) is 5.26 Å². The average Bonchev–Trinajstić information content (AvgIpc) is 3.20. The highest BCUT2D eigenvalue weighted by Crippen LogP contribution is 2.33. The van der Waals surface area contributed by atoms with E-state index in [9.17, 15) is 24.3 Å². The number of aromatic hydroxyl groups is 1. The molecule has 0 fully saturated rings. The second-order valence-corrected chi connectivity index (χ2v) is 6.73. The summed E-state index contributed by atoms with van der Waals surface area (Å²) in [6.45, 7) is 1.41. The maximum absolute atomic E-state index is 13.2. The van der Waals surface area contributed by atoms with E-state index >= 15 is 0 Å². The molecule has 0 saturated carbocycles. The molecule has 0 saturated heterocycles. The van der Waals surface area contributed by atoms with Crippen LogP contribution >= 0.6 is 0 Å². The second-order valence-electron chi connectivity index (χ2n) is 6.73. The number of hydrogen-bond donors (Lipinski definition) is 1. The van der Waals surface area contributed by atoms with Crippen molar-refractivity contribution in [2.24, 2.45) is 0 Å². The number of ether oxygens (including phenoxy) is 2. The van der Waals surface area contributed by atoms with Gasteiger partial charge in [-0.1, -0.05) is 6.07 Å². The van der Waals surface area contributed by atoms with Crippen LogP contribution in [-0.2, 0) is 6.54 Å². The van der Waals surface area contributed by atoms with Gasteiger partial charge < -0.3 is 14.6 Å². The normalized spacial score (nSPS) is 11.9. The number of ketones is 1. The van der Waals surface area contributed by atoms with Gasteiger partial charge in [0.1, 0.15) is 17.4 Å². The fraction of sp³-hybridized carbons (Fsp3) is 0.136. The van der Waals surface area contributed by atoms with Gasteiger partial charge >= 0.3 is 0 Å². The van der Waals surface area contributed by atoms with Crippen LogP contribution in [-0.4, -0.2) is 22.2 Å². The molecule has 0 amide bonds. The number of fused-ring (bicyclic) bond motifs is 1. The molecule has 4 rings (SSSR count). The summed E-state index contributed by atoms with van der Waals surface area (Å²) in [5.74, 6) is -0.651. The quantitative estimate of drug-likeness (QED) is 0.669. The Hall–Kier alpha value is -4.12. The monoisotopic (exact) mass is 406 g/mol. The number of nitrogens with zero attached hydrogens (tertiary/aromatic N) is 2. The molecule has 1 aromatic heterocycles. The predicted molar refractivity (Wildman–Crippen MR) is 103 cm³/mol. The molecule has 150 valence electrons. The van der Waals surface area contributed by atoms with E-state index in [-0.39, 0.29) is 35.6 Å². The van der Waals surface area contributed by atoms with Crippen molar-refractivity contribution in [2.45, 2.75) is 13.5 Å². The number of rotatable bonds is 4. The predicted octanol–water partition coefficient (Wildman–Crippen LogP) is 2.88. The number of aromatic nitrogens is 1. The molecule has 1 aliphatic rings. The molecule has 1 N–H and O–H groups in total. The van der Waals surface area contributed by atoms with Crippen molar-refractivity contribution >= 4 is 5.78 Å². The van der Waals surface area contributed by atoms with Crippen molar-refractivity contribution in [1.82, 2.24) is 4.57 Å². The zero-order valence-corrected chi connectivity index (χ0v) is 15.8. The Bertz CT molecular complexity index is 1270. The molecular formula is C22H15FN2O5. The van der Waals surface area contributed by atoms with Gasteiger partial charge in [-0.2, -0.15) is 5.26 Å². The minimum Gasteiger partial charge on any atom is -0.494 e. The second kappa shape index (κ2) is 7.37. The molecule has 2 heterocycles. The highest BCUT2D eigenvalue weighted by atomic mass is 19.1. The van der Waals surface area contributed by atoms with Gasteiger partial charge in [0, 0.05) is 5.56 Å². The van der Waals surface area contributed by atoms with Crippen LogP contribution in [0.5, 0.6) is 17.4 Å². The maximum atomic E-state index is 13.2. The number of pyridine rings is 1. The number of halogens is 1. The van der Waals surface area contributed by atoms with E-state index in [0.29, 0.717) is 17.1 Å². The van der Waals surface area contributed by atoms with E-state index in [1.807, 2.05) is 6.07 Å². The average molecular weight is 406 g/mol. The van der Waals surface area contributed by atoms with Crippen LogP contribution in [0.4, 0.5) is 4.39 Å². The summed E-state index contributed by atoms with van der Waals surface area (Å²) >= 11 is 0. The standard InChI is InChI=1S/C22H15FN2O5/c1-12-16(9-24)21(27)25(10-13-2-7-17-18(8-13)30-11-29-17)22(28)19(12)20(26)14-3-5-15(23)6-4-14/h2-8,28H,10-11H2,1H3. The Morgan fingerprint density at radius 1 is 1.20 bits per heavy atom. The number of carbonyl (C=O) groups is 1. The summed E-state index contributed by atoms with van der Waals surface area (Å²) in [5, 5.41) is 20.3. The summed E-state index contributed by atoms with van der Waals surface area (Å²) in [4.78, 5) is 25.8. The van der Waals surface area contributed by atoms with Crippen LogP contribution in [0.1, 0.15) is 32.6 Å². The van der Waals surface area contributed by atoms with Gasteiger partial charge in [0.2, 0.25) is 12.7 Å². The molecule has 7 nitrogen and oxygen atoms in total. The highest BCUT2D eigenvalue weighted by Gasteiger charge is 2.25. The van der Waals surface area contributed by atoms with E-state index in [2.05, 4.69) is 0 Å². The van der Waals surface area contributed by atoms with E-state index in [1.165, 1.54) is 19.1 Å². The van der Waals surface area contributed by atoms with Gasteiger partial charge in [0.25, 0.3) is 5.56 Å². The topological polar surface area (TPSA) is 102 Å². The van der Waals surface area contributed by atoms with Gasteiger partial charge in [0.15, 0.2) is 17.3 Å². The van der Waals surface area contributed by atoms with Crippen LogP contribution in [0, 0.1) is 24.1 Å². The third-order valence-electron chi connectivity index (χ3n) is 4.91. The lowest BCUT2D eigenvalue weighted by atomic mass is 9.97. The summed E-state index contributed by atoms with van der Waals surface area (Å²) in [5.41, 5.74) is -0.369. The number of hydrogen-bond acceptors (Lipinski definition) is 6. The first-order chi connectivity index (χ1) is 14.4. The molecule has 0 bridgehead atoms. The summed E-state index contributed by atoms with van der Waals surface area (Å²) in [6.07, 6.45) is 0. The molecule has 8 heteroatoms. The number of nitriles is 1. The zero-order chi connectivity index (χ0) is 21.4. The lowest BCUT2D eigenvalue weighted by Crippen LogP contribution is -2.27. The lowest BCUT2D eigenvalue weighted by Gasteiger charge is -2.16. The van der Waals surface area contributed by atoms with Crippen LogP contribution in [0.2, 0.25) is 0 Å². The van der Waals surface area contributed by atoms with Gasteiger partial charge in [-0.05, 0) is 54.4 Å². The van der Waals surface area contributed by atoms with Gasteiger partial charge in [0.05, 0.1) is 12.1 Å². The largest absolute Gasteiger partial charge is 0.494 e. The molecular weight excluding hydrogens is 391 g/mol. The Kier molecular flexibility index (Phi) is 4.72. The van der Waals surface area contributed by atoms with E-state index < -0.39 is 23.0 Å². The smallest absolute Gasteiger partial charge is 0.271 e. The van der Waals surface area contributed by atoms with Crippen molar-refractivity contribution in [3.63, 3.8) is 0 Å². The van der Waals surface area contributed by atoms with Crippen molar-refractivity contribution in [2.75, 3.05) is 6.79 Å². The Balaban J connectivity index is 1.84. The highest BCUT2D eigenvalue weighted by molar-refractivity contribution is 6.11. The molecule has 2 aromatic carbocycles. The van der Waals surface area contributed by atoms with E-state index in [4.69, 9.17) is 9.47 Å². The molecule has 3 aromatic rings. The van der Waals surface area contributed by atoms with Gasteiger partial charge in [-0.25, -0.2) is 4.39 Å². The fourth-order valence-corrected chi connectivity index (χ4v) is 3.34. The molecule has 0 atom stereocenters. The maximum Gasteiger partial charge on any atom is 0.271 e. The SMILES string of the molecule is Cc1c(C(=O)c2ccc(F)cc2)c(O)n(Cc2ccc3c(c2)OCO3)c(=O)c1C#N. The van der Waals surface area contributed by atoms with Crippen LogP contribution in [0.25, 0.3) is 0 Å². The Morgan fingerprint density at radius 3 is 2.60 bits per heavy atom. The lowest BCUT2D eigenvalue weighted by molar-refractivity contribution is 0.103. The third-order valence-corrected chi connectivity index (χ3v) is 4.91. The molecule has 0 radical (unpaired) electrons. The number of carbonyl (C=O) groups excluding carboxylic acids is 1. The molecule has 0 aliphatic carbocycles. The fourth-order valence-electron chi connectivity index (χ4n) is 3.34. The van der Waals surface area contributed by atoms with Gasteiger partial charge in [-0.15, -0.1) is 0 Å². The van der Waals surface area contributed by atoms with Crippen molar-refractivity contribution in [3.8, 4) is 23.4 Å². The summed E-state index contributed by atoms with van der Waals surface area (Å²) in [7, 11) is 0. The molecule has 1 aliphatic heterocycles. The van der Waals surface area contributed by atoms with E-state index in [0.717, 1.165) is 16.7 Å². The Labute approximate surface area is 170 Å². The Morgan fingerprint density at radius 2 is 1.90 bits per heavy atom. The van der Waals surface area contributed by atoms with Crippen molar-refractivity contribution in [3.05, 3.63) is 86.5 Å². The minimum atomic E-state index is -0.721. The molecule has 30 heavy (non-hydrogen) atoms. The minimum absolute atomic E-state index is 0.0660. The van der Waals surface area contributed by atoms with E-state index in [1.54, 1.807) is 18.2 Å². The molecule has 0 spiro atoms. The zero-order valence-electron chi connectivity index (χ0n) is 15.8. The third kappa shape index (κ3) is 3.16. The first-order valence-corrected chi connectivity index (χ1v) is 8.96. The summed E-state index contributed by atoms with van der Waals surface area (Å²) in [6, 6.07) is 11.6. The van der Waals surface area contributed by atoms with Crippen LogP contribution in [0.3, 0.4) is 0 Å².